The van der Waals surface area contributed by atoms with Gasteiger partial charge in [0.2, 0.25) is 5.91 Å². The zero-order valence-electron chi connectivity index (χ0n) is 15.0. The molecule has 1 aromatic heterocycles. The standard InChI is InChI=1S/C18H20F2N4O3/c1-24(2)18(26)12-9-21-6-5-14(12)22-17(25)15-8-16(27-23-15)11-4-3-10(19)7-13(11)20/h3-4,7-8,12,14,21H,5-6,9H2,1-2H3,(H,22,25). The molecule has 0 aliphatic carbocycles. The molecule has 2 heterocycles. The van der Waals surface area contributed by atoms with Crippen molar-refractivity contribution in [1.82, 2.24) is 20.7 Å². The van der Waals surface area contributed by atoms with Gasteiger partial charge >= 0.3 is 0 Å². The van der Waals surface area contributed by atoms with Gasteiger partial charge in [-0.1, -0.05) is 5.16 Å². The molecule has 0 saturated carbocycles. The first kappa shape index (κ1) is 19.0. The summed E-state index contributed by atoms with van der Waals surface area (Å²) in [6.07, 6.45) is 0.591. The van der Waals surface area contributed by atoms with E-state index in [2.05, 4.69) is 15.8 Å². The van der Waals surface area contributed by atoms with Crippen LogP contribution >= 0.6 is 0 Å². The molecule has 2 unspecified atom stereocenters. The number of hydrogen-bond donors (Lipinski definition) is 2. The molecule has 0 bridgehead atoms. The number of halogens is 2. The lowest BCUT2D eigenvalue weighted by Gasteiger charge is -2.33. The molecule has 2 aromatic rings. The third-order valence-electron chi connectivity index (χ3n) is 4.50. The SMILES string of the molecule is CN(C)C(=O)C1CNCCC1NC(=O)c1cc(-c2ccc(F)cc2F)on1. The molecule has 2 atom stereocenters. The Kier molecular flexibility index (Phi) is 5.50. The number of nitrogens with one attached hydrogen (secondary N) is 2. The van der Waals surface area contributed by atoms with Crippen LogP contribution in [-0.2, 0) is 4.79 Å². The van der Waals surface area contributed by atoms with Gasteiger partial charge in [-0.3, -0.25) is 9.59 Å². The number of carbonyl (C=O) groups excluding carboxylic acids is 2. The summed E-state index contributed by atoms with van der Waals surface area (Å²) < 4.78 is 31.9. The number of carbonyl (C=O) groups is 2. The molecule has 1 fully saturated rings. The van der Waals surface area contributed by atoms with E-state index in [4.69, 9.17) is 4.52 Å². The van der Waals surface area contributed by atoms with E-state index in [9.17, 15) is 18.4 Å². The van der Waals surface area contributed by atoms with E-state index in [-0.39, 0.29) is 29.0 Å². The number of aromatic nitrogens is 1. The van der Waals surface area contributed by atoms with Gasteiger partial charge < -0.3 is 20.1 Å². The minimum atomic E-state index is -0.812. The Morgan fingerprint density at radius 1 is 1.30 bits per heavy atom. The van der Waals surface area contributed by atoms with Crippen LogP contribution in [0.3, 0.4) is 0 Å². The van der Waals surface area contributed by atoms with Gasteiger partial charge in [0.1, 0.15) is 11.6 Å². The Morgan fingerprint density at radius 2 is 2.07 bits per heavy atom. The highest BCUT2D eigenvalue weighted by atomic mass is 19.1. The lowest BCUT2D eigenvalue weighted by molar-refractivity contribution is -0.134. The molecular formula is C18H20F2N4O3. The van der Waals surface area contributed by atoms with Crippen LogP contribution in [0.15, 0.2) is 28.8 Å². The van der Waals surface area contributed by atoms with Crippen LogP contribution in [0.1, 0.15) is 16.9 Å². The number of hydrogen-bond acceptors (Lipinski definition) is 5. The summed E-state index contributed by atoms with van der Waals surface area (Å²) in [6, 6.07) is 3.97. The monoisotopic (exact) mass is 378 g/mol. The Labute approximate surface area is 154 Å². The average molecular weight is 378 g/mol. The van der Waals surface area contributed by atoms with Crippen LogP contribution in [0.25, 0.3) is 11.3 Å². The van der Waals surface area contributed by atoms with Gasteiger partial charge in [0.05, 0.1) is 11.5 Å². The van der Waals surface area contributed by atoms with Crippen LogP contribution in [0, 0.1) is 17.6 Å². The van der Waals surface area contributed by atoms with Crippen molar-refractivity contribution in [3.8, 4) is 11.3 Å². The first-order chi connectivity index (χ1) is 12.9. The Balaban J connectivity index is 1.74. The molecule has 1 aliphatic rings. The highest BCUT2D eigenvalue weighted by Crippen LogP contribution is 2.24. The zero-order chi connectivity index (χ0) is 19.6. The van der Waals surface area contributed by atoms with Gasteiger partial charge in [0, 0.05) is 38.8 Å². The number of piperidine rings is 1. The second-order valence-electron chi connectivity index (χ2n) is 6.61. The van der Waals surface area contributed by atoms with Crippen molar-refractivity contribution in [2.45, 2.75) is 12.5 Å². The van der Waals surface area contributed by atoms with Crippen LogP contribution < -0.4 is 10.6 Å². The van der Waals surface area contributed by atoms with Crippen molar-refractivity contribution in [1.29, 1.82) is 0 Å². The average Bonchev–Trinajstić information content (AvgIpc) is 3.11. The van der Waals surface area contributed by atoms with Crippen LogP contribution in [-0.4, -0.2) is 55.1 Å². The molecule has 7 nitrogen and oxygen atoms in total. The Bertz CT molecular complexity index is 853. The van der Waals surface area contributed by atoms with E-state index in [1.54, 1.807) is 14.1 Å². The topological polar surface area (TPSA) is 87.5 Å². The van der Waals surface area contributed by atoms with Crippen molar-refractivity contribution < 1.29 is 22.9 Å². The van der Waals surface area contributed by atoms with Crippen LogP contribution in [0.5, 0.6) is 0 Å². The molecule has 144 valence electrons. The van der Waals surface area contributed by atoms with E-state index in [0.717, 1.165) is 12.1 Å². The van der Waals surface area contributed by atoms with Crippen LogP contribution in [0.4, 0.5) is 8.78 Å². The molecule has 2 amide bonds. The van der Waals surface area contributed by atoms with Gasteiger partial charge in [-0.2, -0.15) is 0 Å². The minimum Gasteiger partial charge on any atom is -0.355 e. The second-order valence-corrected chi connectivity index (χ2v) is 6.61. The number of rotatable bonds is 4. The predicted octanol–water partition coefficient (Wildman–Crippen LogP) is 1.42. The van der Waals surface area contributed by atoms with E-state index in [1.807, 2.05) is 0 Å². The minimum absolute atomic E-state index is 0.00507. The molecule has 27 heavy (non-hydrogen) atoms. The van der Waals surface area contributed by atoms with Crippen molar-refractivity contribution in [2.75, 3.05) is 27.2 Å². The molecule has 1 aromatic carbocycles. The quantitative estimate of drug-likeness (QED) is 0.840. The van der Waals surface area contributed by atoms with Crippen molar-refractivity contribution in [3.05, 3.63) is 41.6 Å². The summed E-state index contributed by atoms with van der Waals surface area (Å²) >= 11 is 0. The summed E-state index contributed by atoms with van der Waals surface area (Å²) in [5.74, 6) is -2.50. The van der Waals surface area contributed by atoms with Gasteiger partial charge in [-0.05, 0) is 25.1 Å². The Morgan fingerprint density at radius 3 is 2.78 bits per heavy atom. The number of benzene rings is 1. The van der Waals surface area contributed by atoms with Crippen LogP contribution in [0.2, 0.25) is 0 Å². The molecule has 9 heteroatoms. The summed E-state index contributed by atoms with van der Waals surface area (Å²) in [5, 5.41) is 9.62. The molecule has 3 rings (SSSR count). The molecule has 2 N–H and O–H groups in total. The van der Waals surface area contributed by atoms with E-state index < -0.39 is 23.5 Å². The fourth-order valence-corrected chi connectivity index (χ4v) is 3.06. The molecule has 1 saturated heterocycles. The van der Waals surface area contributed by atoms with Crippen molar-refractivity contribution >= 4 is 11.8 Å². The third kappa shape index (κ3) is 4.13. The second kappa shape index (κ2) is 7.83. The van der Waals surface area contributed by atoms with E-state index >= 15 is 0 Å². The third-order valence-corrected chi connectivity index (χ3v) is 4.50. The first-order valence-corrected chi connectivity index (χ1v) is 8.51. The highest BCUT2D eigenvalue weighted by molar-refractivity contribution is 5.93. The summed E-state index contributed by atoms with van der Waals surface area (Å²) in [7, 11) is 3.33. The lowest BCUT2D eigenvalue weighted by Crippen LogP contribution is -2.54. The van der Waals surface area contributed by atoms with Crippen molar-refractivity contribution in [2.24, 2.45) is 5.92 Å². The summed E-state index contributed by atoms with van der Waals surface area (Å²) in [5.41, 5.74) is -0.0335. The summed E-state index contributed by atoms with van der Waals surface area (Å²) in [6.45, 7) is 1.14. The smallest absolute Gasteiger partial charge is 0.273 e. The summed E-state index contributed by atoms with van der Waals surface area (Å²) in [4.78, 5) is 26.3. The number of nitrogens with zero attached hydrogens (tertiary/aromatic N) is 2. The Hall–Kier alpha value is -2.81. The molecule has 0 spiro atoms. The zero-order valence-corrected chi connectivity index (χ0v) is 15.0. The fourth-order valence-electron chi connectivity index (χ4n) is 3.06. The van der Waals surface area contributed by atoms with Crippen molar-refractivity contribution in [3.63, 3.8) is 0 Å². The van der Waals surface area contributed by atoms with E-state index in [0.29, 0.717) is 19.5 Å². The molecular weight excluding hydrogens is 358 g/mol. The van der Waals surface area contributed by atoms with Gasteiger partial charge in [-0.25, -0.2) is 8.78 Å². The van der Waals surface area contributed by atoms with Gasteiger partial charge in [0.25, 0.3) is 5.91 Å². The maximum Gasteiger partial charge on any atom is 0.273 e. The lowest BCUT2D eigenvalue weighted by atomic mass is 9.92. The molecule has 1 aliphatic heterocycles. The predicted molar refractivity (Wildman–Crippen MR) is 92.8 cm³/mol. The fraction of sp³-hybridized carbons (Fsp3) is 0.389. The maximum atomic E-state index is 13.9. The molecule has 0 radical (unpaired) electrons. The highest BCUT2D eigenvalue weighted by Gasteiger charge is 2.33. The first-order valence-electron chi connectivity index (χ1n) is 8.51. The largest absolute Gasteiger partial charge is 0.355 e. The normalized spacial score (nSPS) is 19.6. The van der Waals surface area contributed by atoms with Gasteiger partial charge in [-0.15, -0.1) is 0 Å². The van der Waals surface area contributed by atoms with Gasteiger partial charge in [0.15, 0.2) is 11.5 Å². The maximum absolute atomic E-state index is 13.9. The van der Waals surface area contributed by atoms with E-state index in [1.165, 1.54) is 17.0 Å². The number of amides is 2.